The first kappa shape index (κ1) is 11.7. The summed E-state index contributed by atoms with van der Waals surface area (Å²) >= 11 is 0. The number of rotatable bonds is 2. The van der Waals surface area contributed by atoms with Crippen LogP contribution in [0.3, 0.4) is 0 Å². The monoisotopic (exact) mass is 198 g/mol. The third kappa shape index (κ3) is 2.00. The van der Waals surface area contributed by atoms with Crippen LogP contribution in [0, 0.1) is 17.8 Å². The molecule has 2 nitrogen and oxygen atoms in total. The molecule has 0 bridgehead atoms. The lowest BCUT2D eigenvalue weighted by molar-refractivity contribution is -0.147. The van der Waals surface area contributed by atoms with E-state index in [1.807, 2.05) is 6.92 Å². The van der Waals surface area contributed by atoms with Crippen LogP contribution in [0.1, 0.15) is 47.0 Å². The molecule has 14 heavy (non-hydrogen) atoms. The number of hydrogen-bond donors (Lipinski definition) is 1. The van der Waals surface area contributed by atoms with Crippen molar-refractivity contribution in [2.75, 3.05) is 0 Å². The minimum Gasteiger partial charge on any atom is -0.382 e. The van der Waals surface area contributed by atoms with Gasteiger partial charge in [0.05, 0.1) is 0 Å². The number of carbonyl (C=O) groups is 1. The molecule has 82 valence electrons. The second kappa shape index (κ2) is 4.01. The second-order valence-corrected chi connectivity index (χ2v) is 5.17. The van der Waals surface area contributed by atoms with Crippen LogP contribution in [-0.2, 0) is 4.79 Å². The van der Waals surface area contributed by atoms with Gasteiger partial charge in [-0.2, -0.15) is 0 Å². The normalized spacial score (nSPS) is 38.7. The van der Waals surface area contributed by atoms with E-state index in [-0.39, 0.29) is 11.7 Å². The fourth-order valence-corrected chi connectivity index (χ4v) is 2.47. The van der Waals surface area contributed by atoms with Crippen LogP contribution in [0.2, 0.25) is 0 Å². The maximum Gasteiger partial charge on any atom is 0.161 e. The lowest BCUT2D eigenvalue weighted by atomic mass is 9.67. The maximum atomic E-state index is 11.4. The van der Waals surface area contributed by atoms with E-state index in [9.17, 15) is 9.90 Å². The topological polar surface area (TPSA) is 37.3 Å². The smallest absolute Gasteiger partial charge is 0.161 e. The summed E-state index contributed by atoms with van der Waals surface area (Å²) < 4.78 is 0. The Hall–Kier alpha value is -0.370. The van der Waals surface area contributed by atoms with Crippen LogP contribution < -0.4 is 0 Å². The van der Waals surface area contributed by atoms with Gasteiger partial charge in [-0.05, 0) is 43.9 Å². The predicted octanol–water partition coefficient (Wildman–Crippen LogP) is 2.40. The zero-order valence-electron chi connectivity index (χ0n) is 9.71. The lowest BCUT2D eigenvalue weighted by Crippen LogP contribution is -2.48. The highest BCUT2D eigenvalue weighted by Gasteiger charge is 2.44. The van der Waals surface area contributed by atoms with Gasteiger partial charge in [-0.25, -0.2) is 0 Å². The van der Waals surface area contributed by atoms with E-state index in [2.05, 4.69) is 13.8 Å². The molecule has 1 aliphatic rings. The molecular formula is C12H22O2. The maximum absolute atomic E-state index is 11.4. The van der Waals surface area contributed by atoms with Crippen molar-refractivity contribution in [3.63, 3.8) is 0 Å². The van der Waals surface area contributed by atoms with Crippen molar-refractivity contribution in [3.8, 4) is 0 Å². The Labute approximate surface area is 86.7 Å². The molecule has 0 amide bonds. The van der Waals surface area contributed by atoms with Crippen molar-refractivity contribution >= 4 is 5.78 Å². The molecule has 1 N–H and O–H groups in total. The molecule has 0 saturated heterocycles. The molecule has 0 unspecified atom stereocenters. The first-order valence-corrected chi connectivity index (χ1v) is 5.61. The fourth-order valence-electron chi connectivity index (χ4n) is 2.47. The Balaban J connectivity index is 2.78. The first-order valence-electron chi connectivity index (χ1n) is 5.61. The Morgan fingerprint density at radius 3 is 2.43 bits per heavy atom. The zero-order valence-corrected chi connectivity index (χ0v) is 9.71. The van der Waals surface area contributed by atoms with Gasteiger partial charge in [-0.3, -0.25) is 4.79 Å². The van der Waals surface area contributed by atoms with Gasteiger partial charge in [0, 0.05) is 0 Å². The zero-order chi connectivity index (χ0) is 10.9. The van der Waals surface area contributed by atoms with Crippen LogP contribution in [0.15, 0.2) is 0 Å². The summed E-state index contributed by atoms with van der Waals surface area (Å²) in [5.41, 5.74) is -1.05. The quantitative estimate of drug-likeness (QED) is 0.739. The lowest BCUT2D eigenvalue weighted by Gasteiger charge is -2.41. The van der Waals surface area contributed by atoms with Gasteiger partial charge in [0.25, 0.3) is 0 Å². The summed E-state index contributed by atoms with van der Waals surface area (Å²) in [5, 5.41) is 10.3. The van der Waals surface area contributed by atoms with Crippen LogP contribution >= 0.6 is 0 Å². The second-order valence-electron chi connectivity index (χ2n) is 5.17. The molecule has 3 atom stereocenters. The van der Waals surface area contributed by atoms with Crippen LogP contribution in [0.25, 0.3) is 0 Å². The van der Waals surface area contributed by atoms with Crippen molar-refractivity contribution in [2.24, 2.45) is 17.8 Å². The number of aliphatic hydroxyl groups is 1. The molecule has 0 spiro atoms. The fraction of sp³-hybridized carbons (Fsp3) is 0.917. The Bertz CT molecular complexity index is 222. The minimum atomic E-state index is -1.05. The average Bonchev–Trinajstić information content (AvgIpc) is 2.09. The van der Waals surface area contributed by atoms with Crippen molar-refractivity contribution < 1.29 is 9.90 Å². The number of carbonyl (C=O) groups excluding carboxylic acids is 1. The van der Waals surface area contributed by atoms with Crippen LogP contribution in [0.5, 0.6) is 0 Å². The highest BCUT2D eigenvalue weighted by atomic mass is 16.3. The van der Waals surface area contributed by atoms with Crippen LogP contribution in [-0.4, -0.2) is 16.5 Å². The summed E-state index contributed by atoms with van der Waals surface area (Å²) in [4.78, 5) is 11.4. The Kier molecular flexibility index (Phi) is 3.36. The van der Waals surface area contributed by atoms with Gasteiger partial charge < -0.3 is 5.11 Å². The predicted molar refractivity (Wildman–Crippen MR) is 57.0 cm³/mol. The van der Waals surface area contributed by atoms with Crippen LogP contribution in [0.4, 0.5) is 0 Å². The molecule has 0 aromatic rings. The summed E-state index contributed by atoms with van der Waals surface area (Å²) in [6, 6.07) is 0. The molecule has 0 radical (unpaired) electrons. The summed E-state index contributed by atoms with van der Waals surface area (Å²) in [6.07, 6.45) is 2.77. The van der Waals surface area contributed by atoms with E-state index in [4.69, 9.17) is 0 Å². The van der Waals surface area contributed by atoms with Gasteiger partial charge in [-0.1, -0.05) is 20.8 Å². The van der Waals surface area contributed by atoms with Crippen molar-refractivity contribution in [1.82, 2.24) is 0 Å². The van der Waals surface area contributed by atoms with Gasteiger partial charge in [-0.15, -0.1) is 0 Å². The highest BCUT2D eigenvalue weighted by Crippen LogP contribution is 2.40. The van der Waals surface area contributed by atoms with Gasteiger partial charge in [0.2, 0.25) is 0 Å². The molecular weight excluding hydrogens is 176 g/mol. The molecule has 1 rings (SSSR count). The number of ketones is 1. The van der Waals surface area contributed by atoms with Gasteiger partial charge in [0.15, 0.2) is 5.78 Å². The largest absolute Gasteiger partial charge is 0.382 e. The standard InChI is InChI=1S/C12H22O2/c1-8(2)11-6-5-9(3)12(14,7-11)10(4)13/h8-9,11,14H,5-7H2,1-4H3/t9-,11-,12-/m1/s1. The van der Waals surface area contributed by atoms with E-state index in [1.54, 1.807) is 0 Å². The van der Waals surface area contributed by atoms with E-state index in [1.165, 1.54) is 6.92 Å². The van der Waals surface area contributed by atoms with Crippen molar-refractivity contribution in [3.05, 3.63) is 0 Å². The summed E-state index contributed by atoms with van der Waals surface area (Å²) in [5.74, 6) is 1.12. The van der Waals surface area contributed by atoms with Gasteiger partial charge in [0.1, 0.15) is 5.60 Å². The van der Waals surface area contributed by atoms with Gasteiger partial charge >= 0.3 is 0 Å². The van der Waals surface area contributed by atoms with E-state index in [0.29, 0.717) is 18.3 Å². The molecule has 1 saturated carbocycles. The number of hydrogen-bond acceptors (Lipinski definition) is 2. The van der Waals surface area contributed by atoms with Crippen molar-refractivity contribution in [2.45, 2.75) is 52.6 Å². The first-order chi connectivity index (χ1) is 6.38. The third-order valence-corrected chi connectivity index (χ3v) is 3.91. The Morgan fingerprint density at radius 1 is 1.43 bits per heavy atom. The third-order valence-electron chi connectivity index (χ3n) is 3.91. The molecule has 1 fully saturated rings. The minimum absolute atomic E-state index is 0.0599. The molecule has 0 aromatic heterocycles. The Morgan fingerprint density at radius 2 is 2.00 bits per heavy atom. The van der Waals surface area contributed by atoms with E-state index >= 15 is 0 Å². The summed E-state index contributed by atoms with van der Waals surface area (Å²) in [6.45, 7) is 7.83. The van der Waals surface area contributed by atoms with E-state index < -0.39 is 5.60 Å². The van der Waals surface area contributed by atoms with E-state index in [0.717, 1.165) is 12.8 Å². The molecule has 0 aromatic carbocycles. The molecule has 2 heteroatoms. The molecule has 0 heterocycles. The number of Topliss-reactive ketones (excluding diaryl/α,β-unsaturated/α-hetero) is 1. The average molecular weight is 198 g/mol. The summed E-state index contributed by atoms with van der Waals surface area (Å²) in [7, 11) is 0. The highest BCUT2D eigenvalue weighted by molar-refractivity contribution is 5.85. The molecule has 1 aliphatic carbocycles. The molecule has 0 aliphatic heterocycles. The SMILES string of the molecule is CC(=O)[C@@]1(O)C[C@H](C(C)C)CC[C@H]1C. The van der Waals surface area contributed by atoms with Crippen molar-refractivity contribution in [1.29, 1.82) is 0 Å².